The lowest BCUT2D eigenvalue weighted by molar-refractivity contribution is 0.564. The van der Waals surface area contributed by atoms with Crippen LogP contribution in [0.5, 0.6) is 0 Å². The third-order valence-corrected chi connectivity index (χ3v) is 9.74. The van der Waals surface area contributed by atoms with E-state index in [1.165, 1.54) is 56.1 Å². The van der Waals surface area contributed by atoms with Crippen LogP contribution in [-0.2, 0) is 12.8 Å². The molecule has 0 heterocycles. The summed E-state index contributed by atoms with van der Waals surface area (Å²) >= 11 is 0. The third-order valence-electron chi connectivity index (χ3n) is 9.74. The highest BCUT2D eigenvalue weighted by Gasteiger charge is 2.21. The Labute approximate surface area is 301 Å². The zero-order valence-electron chi connectivity index (χ0n) is 30.7. The predicted molar refractivity (Wildman–Crippen MR) is 216 cm³/mol. The number of aryl methyl sites for hydroxylation is 4. The van der Waals surface area contributed by atoms with Crippen LogP contribution in [0, 0.1) is 19.8 Å². The van der Waals surface area contributed by atoms with E-state index < -0.39 is 0 Å². The van der Waals surface area contributed by atoms with Gasteiger partial charge < -0.3 is 9.80 Å². The first-order valence-electron chi connectivity index (χ1n) is 18.5. The number of benzene rings is 6. The van der Waals surface area contributed by atoms with Crippen molar-refractivity contribution in [3.63, 3.8) is 0 Å². The summed E-state index contributed by atoms with van der Waals surface area (Å²) in [6, 6.07) is 54.3. The fourth-order valence-electron chi connectivity index (χ4n) is 7.11. The molecule has 0 saturated carbocycles. The summed E-state index contributed by atoms with van der Waals surface area (Å²) in [4.78, 5) is 4.74. The van der Waals surface area contributed by atoms with Gasteiger partial charge >= 0.3 is 0 Å². The van der Waals surface area contributed by atoms with Crippen LogP contribution in [0.15, 0.2) is 146 Å². The van der Waals surface area contributed by atoms with Gasteiger partial charge in [-0.05, 0) is 128 Å². The molecule has 0 N–H and O–H groups in total. The van der Waals surface area contributed by atoms with Crippen molar-refractivity contribution < 1.29 is 0 Å². The van der Waals surface area contributed by atoms with Crippen molar-refractivity contribution in [3.05, 3.63) is 179 Å². The molecule has 2 heteroatoms. The smallest absolute Gasteiger partial charge is 0.0461 e. The Hall–Kier alpha value is -5.08. The molecule has 2 nitrogen and oxygen atoms in total. The molecule has 0 unspecified atom stereocenters. The summed E-state index contributed by atoms with van der Waals surface area (Å²) in [7, 11) is 0. The number of nitrogens with zero attached hydrogens (tertiary/aromatic N) is 2. The van der Waals surface area contributed by atoms with E-state index in [1.807, 2.05) is 0 Å². The first kappa shape index (κ1) is 34.8. The molecule has 0 bridgehead atoms. The molecule has 0 radical (unpaired) electrons. The van der Waals surface area contributed by atoms with Crippen molar-refractivity contribution >= 4 is 34.1 Å². The molecule has 6 rings (SSSR count). The van der Waals surface area contributed by atoms with E-state index in [1.54, 1.807) is 0 Å². The topological polar surface area (TPSA) is 6.48 Å². The standard InChI is InChI=1S/C48H52N2/c1-7-9-38-15-27-44(28-16-38)49(42-23-11-36(5)12-24-42)46-31-19-40(20-32-46)48(35(3)4)41-21-33-47(34-22-41)50(43-25-13-37(6)14-26-43)45-29-17-39(10-8-2)18-30-45/h11-35,48H,7-10H2,1-6H3. The summed E-state index contributed by atoms with van der Waals surface area (Å²) in [5, 5.41) is 0. The molecule has 0 aliphatic rings. The largest absolute Gasteiger partial charge is 0.311 e. The Balaban J connectivity index is 1.31. The van der Waals surface area contributed by atoms with Crippen molar-refractivity contribution in [1.82, 2.24) is 0 Å². The minimum absolute atomic E-state index is 0.278. The van der Waals surface area contributed by atoms with Crippen molar-refractivity contribution in [2.45, 2.75) is 73.1 Å². The van der Waals surface area contributed by atoms with Crippen molar-refractivity contribution in [1.29, 1.82) is 0 Å². The van der Waals surface area contributed by atoms with E-state index in [9.17, 15) is 0 Å². The molecule has 254 valence electrons. The summed E-state index contributed by atoms with van der Waals surface area (Å²) in [5.41, 5.74) is 15.0. The maximum atomic E-state index is 2.37. The third kappa shape index (κ3) is 8.03. The Morgan fingerprint density at radius 2 is 0.640 bits per heavy atom. The summed E-state index contributed by atoms with van der Waals surface area (Å²) in [5.74, 6) is 0.714. The molecular weight excluding hydrogens is 605 g/mol. The van der Waals surface area contributed by atoms with Crippen LogP contribution >= 0.6 is 0 Å². The lowest BCUT2D eigenvalue weighted by Crippen LogP contribution is -2.13. The molecule has 6 aromatic rings. The quantitative estimate of drug-likeness (QED) is 0.122. The van der Waals surface area contributed by atoms with E-state index in [4.69, 9.17) is 0 Å². The maximum absolute atomic E-state index is 2.37. The van der Waals surface area contributed by atoms with Gasteiger partial charge in [-0.1, -0.05) is 124 Å². The van der Waals surface area contributed by atoms with Crippen LogP contribution in [0.3, 0.4) is 0 Å². The van der Waals surface area contributed by atoms with E-state index in [0.29, 0.717) is 5.92 Å². The van der Waals surface area contributed by atoms with Gasteiger partial charge in [0, 0.05) is 40.0 Å². The van der Waals surface area contributed by atoms with Crippen LogP contribution in [0.2, 0.25) is 0 Å². The molecule has 0 aliphatic carbocycles. The predicted octanol–water partition coefficient (Wildman–Crippen LogP) is 13.9. The molecule has 0 aliphatic heterocycles. The molecule has 6 aromatic carbocycles. The van der Waals surface area contributed by atoms with Gasteiger partial charge in [0.05, 0.1) is 0 Å². The fourth-order valence-corrected chi connectivity index (χ4v) is 7.11. The van der Waals surface area contributed by atoms with Crippen LogP contribution in [0.4, 0.5) is 34.1 Å². The molecule has 0 atom stereocenters. The first-order valence-corrected chi connectivity index (χ1v) is 18.5. The zero-order chi connectivity index (χ0) is 35.0. The Bertz CT molecular complexity index is 1780. The summed E-state index contributed by atoms with van der Waals surface area (Å²) in [6.45, 7) is 13.4. The highest BCUT2D eigenvalue weighted by molar-refractivity contribution is 5.78. The minimum atomic E-state index is 0.278. The van der Waals surface area contributed by atoms with Gasteiger partial charge in [-0.2, -0.15) is 0 Å². The zero-order valence-corrected chi connectivity index (χ0v) is 30.7. The van der Waals surface area contributed by atoms with Crippen molar-refractivity contribution in [2.75, 3.05) is 9.80 Å². The van der Waals surface area contributed by atoms with Gasteiger partial charge in [-0.3, -0.25) is 0 Å². The average molecular weight is 657 g/mol. The second-order valence-electron chi connectivity index (χ2n) is 14.1. The van der Waals surface area contributed by atoms with Gasteiger partial charge in [0.1, 0.15) is 0 Å². The van der Waals surface area contributed by atoms with E-state index >= 15 is 0 Å². The maximum Gasteiger partial charge on any atom is 0.0461 e. The van der Waals surface area contributed by atoms with Crippen molar-refractivity contribution in [3.8, 4) is 0 Å². The highest BCUT2D eigenvalue weighted by atomic mass is 15.1. The SMILES string of the molecule is CCCc1ccc(N(c2ccc(C)cc2)c2ccc(C(c3ccc(N(c4ccc(C)cc4)c4ccc(CCC)cc4)cc3)C(C)C)cc2)cc1. The normalized spacial score (nSPS) is 11.3. The lowest BCUT2D eigenvalue weighted by Gasteiger charge is -2.28. The first-order chi connectivity index (χ1) is 24.3. The molecule has 50 heavy (non-hydrogen) atoms. The second-order valence-corrected chi connectivity index (χ2v) is 14.1. The molecule has 0 saturated heterocycles. The van der Waals surface area contributed by atoms with E-state index in [2.05, 4.69) is 197 Å². The Morgan fingerprint density at radius 1 is 0.380 bits per heavy atom. The molecular formula is C48H52N2. The van der Waals surface area contributed by atoms with Gasteiger partial charge in [-0.15, -0.1) is 0 Å². The molecule has 0 fully saturated rings. The van der Waals surface area contributed by atoms with E-state index in [0.717, 1.165) is 37.1 Å². The number of hydrogen-bond donors (Lipinski definition) is 0. The average Bonchev–Trinajstić information content (AvgIpc) is 3.13. The van der Waals surface area contributed by atoms with Gasteiger partial charge in [-0.25, -0.2) is 0 Å². The summed E-state index contributed by atoms with van der Waals surface area (Å²) in [6.07, 6.45) is 4.51. The molecule has 0 spiro atoms. The minimum Gasteiger partial charge on any atom is -0.311 e. The van der Waals surface area contributed by atoms with Gasteiger partial charge in [0.2, 0.25) is 0 Å². The van der Waals surface area contributed by atoms with E-state index in [-0.39, 0.29) is 5.92 Å². The lowest BCUT2D eigenvalue weighted by atomic mass is 9.82. The van der Waals surface area contributed by atoms with Crippen LogP contribution < -0.4 is 9.80 Å². The second kappa shape index (κ2) is 16.1. The number of rotatable bonds is 13. The van der Waals surface area contributed by atoms with Gasteiger partial charge in [0.15, 0.2) is 0 Å². The Kier molecular flexibility index (Phi) is 11.2. The summed E-state index contributed by atoms with van der Waals surface area (Å²) < 4.78 is 0. The van der Waals surface area contributed by atoms with Gasteiger partial charge in [0.25, 0.3) is 0 Å². The monoisotopic (exact) mass is 656 g/mol. The van der Waals surface area contributed by atoms with Crippen LogP contribution in [-0.4, -0.2) is 0 Å². The molecule has 0 amide bonds. The Morgan fingerprint density at radius 3 is 0.900 bits per heavy atom. The number of anilines is 6. The van der Waals surface area contributed by atoms with Crippen LogP contribution in [0.1, 0.15) is 79.8 Å². The highest BCUT2D eigenvalue weighted by Crippen LogP contribution is 2.40. The number of hydrogen-bond acceptors (Lipinski definition) is 2. The fraction of sp³-hybridized carbons (Fsp3) is 0.250. The van der Waals surface area contributed by atoms with Crippen molar-refractivity contribution in [2.24, 2.45) is 5.92 Å². The molecule has 0 aromatic heterocycles. The van der Waals surface area contributed by atoms with Crippen LogP contribution in [0.25, 0.3) is 0 Å².